The second kappa shape index (κ2) is 7.59. The van der Waals surface area contributed by atoms with Gasteiger partial charge in [0.2, 0.25) is 5.91 Å². The summed E-state index contributed by atoms with van der Waals surface area (Å²) in [5, 5.41) is 0.296. The topological polar surface area (TPSA) is 47.2 Å². The molecule has 1 amide bonds. The predicted molar refractivity (Wildman–Crippen MR) is 119 cm³/mol. The fourth-order valence-electron chi connectivity index (χ4n) is 3.60. The Morgan fingerprint density at radius 1 is 1.03 bits per heavy atom. The summed E-state index contributed by atoms with van der Waals surface area (Å²) in [5.74, 6) is -0.114. The van der Waals surface area contributed by atoms with Gasteiger partial charge >= 0.3 is 0 Å². The van der Waals surface area contributed by atoms with Crippen LogP contribution in [0.3, 0.4) is 0 Å². The minimum atomic E-state index is -0.403. The summed E-state index contributed by atoms with van der Waals surface area (Å²) in [5.41, 5.74) is 2.33. The number of halogens is 2. The lowest BCUT2D eigenvalue weighted by molar-refractivity contribution is -0.117. The van der Waals surface area contributed by atoms with E-state index in [9.17, 15) is 9.59 Å². The van der Waals surface area contributed by atoms with Crippen molar-refractivity contribution in [1.29, 1.82) is 0 Å². The number of carbonyl (C=O) groups is 1. The van der Waals surface area contributed by atoms with Crippen LogP contribution in [-0.4, -0.2) is 20.5 Å². The Balaban J connectivity index is 1.90. The molecule has 0 bridgehead atoms. The number of thioether (sulfide) groups is 1. The molecule has 0 radical (unpaired) electrons. The van der Waals surface area contributed by atoms with Crippen molar-refractivity contribution >= 4 is 46.6 Å². The summed E-state index contributed by atoms with van der Waals surface area (Å²) in [6.07, 6.45) is 0. The highest BCUT2D eigenvalue weighted by atomic mass is 35.5. The van der Waals surface area contributed by atoms with E-state index in [1.807, 2.05) is 57.3 Å². The van der Waals surface area contributed by atoms with Crippen LogP contribution in [0.1, 0.15) is 23.6 Å². The minimum absolute atomic E-state index is 0.114. The van der Waals surface area contributed by atoms with E-state index >= 15 is 0 Å². The van der Waals surface area contributed by atoms with Gasteiger partial charge in [-0.15, -0.1) is 11.8 Å². The molecule has 2 atom stereocenters. The van der Waals surface area contributed by atoms with Gasteiger partial charge in [0, 0.05) is 22.7 Å². The predicted octanol–water partition coefficient (Wildman–Crippen LogP) is 4.96. The molecule has 8 heteroatoms. The van der Waals surface area contributed by atoms with Crippen LogP contribution in [0.25, 0.3) is 5.69 Å². The van der Waals surface area contributed by atoms with Crippen molar-refractivity contribution < 1.29 is 4.79 Å². The molecule has 150 valence electrons. The number of rotatable bonds is 3. The molecule has 0 spiro atoms. The van der Waals surface area contributed by atoms with Crippen molar-refractivity contribution in [3.05, 3.63) is 80.2 Å². The minimum Gasteiger partial charge on any atom is -0.288 e. The Morgan fingerprint density at radius 3 is 2.38 bits per heavy atom. The molecule has 2 aromatic carbocycles. The number of para-hydroxylation sites is 1. The molecule has 2 heterocycles. The zero-order chi connectivity index (χ0) is 20.9. The van der Waals surface area contributed by atoms with E-state index in [0.29, 0.717) is 21.4 Å². The number of aromatic nitrogens is 2. The molecule has 1 aromatic heterocycles. The molecule has 0 aliphatic carbocycles. The molecule has 0 unspecified atom stereocenters. The summed E-state index contributed by atoms with van der Waals surface area (Å²) in [6, 6.07) is 14.6. The van der Waals surface area contributed by atoms with Crippen LogP contribution in [0.15, 0.2) is 53.3 Å². The van der Waals surface area contributed by atoms with Gasteiger partial charge in [-0.05, 0) is 38.1 Å². The van der Waals surface area contributed by atoms with Crippen LogP contribution in [0.4, 0.5) is 5.69 Å². The van der Waals surface area contributed by atoms with Gasteiger partial charge in [-0.1, -0.05) is 47.5 Å². The highest BCUT2D eigenvalue weighted by molar-refractivity contribution is 8.01. The van der Waals surface area contributed by atoms with Crippen molar-refractivity contribution in [3.8, 4) is 5.69 Å². The van der Waals surface area contributed by atoms with E-state index < -0.39 is 5.37 Å². The number of benzene rings is 2. The molecule has 1 aliphatic rings. The van der Waals surface area contributed by atoms with E-state index in [-0.39, 0.29) is 16.7 Å². The summed E-state index contributed by atoms with van der Waals surface area (Å²) in [6.45, 7) is 3.69. The number of amides is 1. The molecule has 5 nitrogen and oxygen atoms in total. The maximum Gasteiger partial charge on any atom is 0.295 e. The van der Waals surface area contributed by atoms with Crippen molar-refractivity contribution in [2.75, 3.05) is 4.90 Å². The van der Waals surface area contributed by atoms with Crippen LogP contribution in [0, 0.1) is 6.92 Å². The quantitative estimate of drug-likeness (QED) is 0.569. The first-order chi connectivity index (χ1) is 13.8. The summed E-state index contributed by atoms with van der Waals surface area (Å²) in [7, 11) is 1.81. The maximum atomic E-state index is 13.5. The lowest BCUT2D eigenvalue weighted by Gasteiger charge is -2.24. The van der Waals surface area contributed by atoms with E-state index in [2.05, 4.69) is 0 Å². The van der Waals surface area contributed by atoms with Gasteiger partial charge in [0.15, 0.2) is 0 Å². The third kappa shape index (κ3) is 3.29. The third-order valence-electron chi connectivity index (χ3n) is 5.15. The van der Waals surface area contributed by atoms with Crippen LogP contribution in [0.5, 0.6) is 0 Å². The van der Waals surface area contributed by atoms with Gasteiger partial charge in [-0.25, -0.2) is 4.68 Å². The normalized spacial score (nSPS) is 19.2. The van der Waals surface area contributed by atoms with Crippen molar-refractivity contribution in [2.45, 2.75) is 24.5 Å². The lowest BCUT2D eigenvalue weighted by atomic mass is 10.2. The summed E-state index contributed by atoms with van der Waals surface area (Å²) >= 11 is 14.0. The average Bonchev–Trinajstić information content (AvgIpc) is 3.09. The number of anilines is 1. The highest BCUT2D eigenvalue weighted by Gasteiger charge is 2.43. The molecular formula is C21H19Cl2N3O2S. The first-order valence-corrected chi connectivity index (χ1v) is 10.8. The zero-order valence-electron chi connectivity index (χ0n) is 16.1. The van der Waals surface area contributed by atoms with Crippen LogP contribution >= 0.6 is 35.0 Å². The van der Waals surface area contributed by atoms with Crippen LogP contribution in [-0.2, 0) is 11.8 Å². The SMILES string of the molecule is Cc1c(N2C(=O)[C@@H](C)S[C@@H]2c2ccc(Cl)cc2Cl)c(=O)n(-c2ccccc2)n1C. The second-order valence-electron chi connectivity index (χ2n) is 6.91. The number of hydrogen-bond donors (Lipinski definition) is 0. The summed E-state index contributed by atoms with van der Waals surface area (Å²) in [4.78, 5) is 28.1. The van der Waals surface area contributed by atoms with Crippen molar-refractivity contribution in [1.82, 2.24) is 9.36 Å². The number of hydrogen-bond acceptors (Lipinski definition) is 3. The molecule has 29 heavy (non-hydrogen) atoms. The van der Waals surface area contributed by atoms with Gasteiger partial charge < -0.3 is 0 Å². The van der Waals surface area contributed by atoms with Crippen LogP contribution in [0.2, 0.25) is 10.0 Å². The van der Waals surface area contributed by atoms with Gasteiger partial charge in [0.25, 0.3) is 5.56 Å². The van der Waals surface area contributed by atoms with Crippen LogP contribution < -0.4 is 10.5 Å². The maximum absolute atomic E-state index is 13.5. The Kier molecular flexibility index (Phi) is 5.27. The molecule has 4 rings (SSSR count). The van der Waals surface area contributed by atoms with Gasteiger partial charge in [0.1, 0.15) is 11.1 Å². The number of nitrogens with zero attached hydrogens (tertiary/aromatic N) is 3. The monoisotopic (exact) mass is 447 g/mol. The molecule has 1 aliphatic heterocycles. The summed E-state index contributed by atoms with van der Waals surface area (Å²) < 4.78 is 3.35. The van der Waals surface area contributed by atoms with E-state index in [1.54, 1.807) is 26.4 Å². The Hall–Kier alpha value is -2.15. The van der Waals surface area contributed by atoms with Crippen molar-refractivity contribution in [2.24, 2.45) is 7.05 Å². The lowest BCUT2D eigenvalue weighted by Crippen LogP contribution is -2.34. The molecule has 1 saturated heterocycles. The van der Waals surface area contributed by atoms with E-state index in [1.165, 1.54) is 11.8 Å². The first-order valence-electron chi connectivity index (χ1n) is 9.08. The number of carbonyl (C=O) groups excluding carboxylic acids is 1. The largest absolute Gasteiger partial charge is 0.295 e. The Bertz CT molecular complexity index is 1160. The van der Waals surface area contributed by atoms with Gasteiger partial charge in [-0.3, -0.25) is 19.2 Å². The third-order valence-corrected chi connectivity index (χ3v) is 7.04. The molecule has 0 saturated carbocycles. The smallest absolute Gasteiger partial charge is 0.288 e. The average molecular weight is 448 g/mol. The second-order valence-corrected chi connectivity index (χ2v) is 9.18. The Labute approximate surface area is 182 Å². The van der Waals surface area contributed by atoms with E-state index in [4.69, 9.17) is 23.2 Å². The molecule has 1 fully saturated rings. The molecular weight excluding hydrogens is 429 g/mol. The molecule has 3 aromatic rings. The Morgan fingerprint density at radius 2 is 1.72 bits per heavy atom. The standard InChI is InChI=1S/C21H19Cl2N3O2S/c1-12-18(20(28)26(24(12)3)15-7-5-4-6-8-15)25-19(27)13(2)29-21(25)16-10-9-14(22)11-17(16)23/h4-11,13,21H,1-3H3/t13-,21-/m1/s1. The van der Waals surface area contributed by atoms with E-state index in [0.717, 1.165) is 11.3 Å². The fourth-order valence-corrected chi connectivity index (χ4v) is 5.47. The van der Waals surface area contributed by atoms with Gasteiger partial charge in [-0.2, -0.15) is 0 Å². The van der Waals surface area contributed by atoms with Gasteiger partial charge in [0.05, 0.1) is 16.6 Å². The molecule has 0 N–H and O–H groups in total. The zero-order valence-corrected chi connectivity index (χ0v) is 18.4. The first kappa shape index (κ1) is 20.1. The fraction of sp³-hybridized carbons (Fsp3) is 0.238. The highest BCUT2D eigenvalue weighted by Crippen LogP contribution is 2.47. The van der Waals surface area contributed by atoms with Crippen molar-refractivity contribution in [3.63, 3.8) is 0 Å².